The average Bonchev–Trinajstić information content (AvgIpc) is 3.25. The lowest BCUT2D eigenvalue weighted by molar-refractivity contribution is 0.0697. The maximum absolute atomic E-state index is 12.4. The van der Waals surface area contributed by atoms with E-state index in [0.29, 0.717) is 30.3 Å². The molecule has 0 saturated carbocycles. The highest BCUT2D eigenvalue weighted by atomic mass is 16.5. The first kappa shape index (κ1) is 15.9. The van der Waals surface area contributed by atoms with Gasteiger partial charge in [-0.15, -0.1) is 0 Å². The molecule has 0 aromatic carbocycles. The fraction of sp³-hybridized carbons (Fsp3) is 0.353. The predicted molar refractivity (Wildman–Crippen MR) is 98.2 cm³/mol. The number of H-pyrrole nitrogens is 1. The van der Waals surface area contributed by atoms with Crippen molar-refractivity contribution in [1.82, 2.24) is 34.1 Å². The zero-order valence-corrected chi connectivity index (χ0v) is 14.7. The zero-order chi connectivity index (χ0) is 18.4. The third-order valence-electron chi connectivity index (χ3n) is 4.87. The molecule has 0 spiro atoms. The van der Waals surface area contributed by atoms with Crippen LogP contribution in [0.2, 0.25) is 0 Å². The monoisotopic (exact) mass is 366 g/mol. The van der Waals surface area contributed by atoms with Crippen LogP contribution in [0.5, 0.6) is 0 Å². The highest BCUT2D eigenvalue weighted by Gasteiger charge is 2.21. The molecule has 1 saturated heterocycles. The molecule has 0 amide bonds. The maximum Gasteiger partial charge on any atom is 0.327 e. The molecule has 2 N–H and O–H groups in total. The van der Waals surface area contributed by atoms with Crippen LogP contribution in [-0.4, -0.2) is 47.3 Å². The van der Waals surface area contributed by atoms with Crippen LogP contribution in [0.15, 0.2) is 29.6 Å². The van der Waals surface area contributed by atoms with E-state index in [2.05, 4.69) is 30.4 Å². The van der Waals surface area contributed by atoms with E-state index in [1.165, 1.54) is 6.33 Å². The van der Waals surface area contributed by atoms with Crippen molar-refractivity contribution in [3.05, 3.63) is 40.8 Å². The topological polar surface area (TPSA) is 115 Å². The Morgan fingerprint density at radius 1 is 1.30 bits per heavy atom. The molecule has 138 valence electrons. The van der Waals surface area contributed by atoms with Crippen molar-refractivity contribution in [2.75, 3.05) is 18.5 Å². The van der Waals surface area contributed by atoms with Gasteiger partial charge in [0.1, 0.15) is 11.8 Å². The van der Waals surface area contributed by atoms with Crippen LogP contribution in [0.1, 0.15) is 24.4 Å². The average molecular weight is 366 g/mol. The Hall–Kier alpha value is -3.27. The molecule has 0 aliphatic carbocycles. The molecule has 1 aliphatic heterocycles. The van der Waals surface area contributed by atoms with Gasteiger partial charge in [0.15, 0.2) is 11.3 Å². The molecule has 27 heavy (non-hydrogen) atoms. The quantitative estimate of drug-likeness (QED) is 0.565. The number of ether oxygens (including phenoxy) is 1. The molecule has 10 heteroatoms. The predicted octanol–water partition coefficient (Wildman–Crippen LogP) is 1.57. The van der Waals surface area contributed by atoms with E-state index in [1.54, 1.807) is 15.3 Å². The number of nitrogens with one attached hydrogen (secondary N) is 2. The van der Waals surface area contributed by atoms with Crippen LogP contribution >= 0.6 is 0 Å². The Morgan fingerprint density at radius 3 is 3.00 bits per heavy atom. The van der Waals surface area contributed by atoms with Gasteiger partial charge in [-0.25, -0.2) is 19.3 Å². The molecule has 0 bridgehead atoms. The zero-order valence-electron chi connectivity index (χ0n) is 14.7. The minimum atomic E-state index is -0.163. The van der Waals surface area contributed by atoms with Crippen molar-refractivity contribution in [2.24, 2.45) is 0 Å². The summed E-state index contributed by atoms with van der Waals surface area (Å²) in [6.07, 6.45) is 6.61. The highest BCUT2D eigenvalue weighted by molar-refractivity contribution is 5.72. The Labute approximate surface area is 153 Å². The Kier molecular flexibility index (Phi) is 3.64. The van der Waals surface area contributed by atoms with Gasteiger partial charge in [-0.3, -0.25) is 4.57 Å². The van der Waals surface area contributed by atoms with Gasteiger partial charge in [-0.05, 0) is 25.3 Å². The van der Waals surface area contributed by atoms with Gasteiger partial charge in [-0.1, -0.05) is 0 Å². The number of rotatable bonds is 3. The van der Waals surface area contributed by atoms with E-state index in [1.807, 2.05) is 19.2 Å². The summed E-state index contributed by atoms with van der Waals surface area (Å²) in [5, 5.41) is 7.36. The lowest BCUT2D eigenvalue weighted by Gasteiger charge is -2.22. The number of nitrogens with zero attached hydrogens (tertiary/aromatic N) is 6. The van der Waals surface area contributed by atoms with E-state index < -0.39 is 0 Å². The van der Waals surface area contributed by atoms with E-state index in [-0.39, 0.29) is 11.7 Å². The van der Waals surface area contributed by atoms with Gasteiger partial charge in [0, 0.05) is 37.2 Å². The van der Waals surface area contributed by atoms with Crippen LogP contribution in [0, 0.1) is 6.92 Å². The lowest BCUT2D eigenvalue weighted by atomic mass is 10.1. The summed E-state index contributed by atoms with van der Waals surface area (Å²) in [5.41, 5.74) is 3.61. The Morgan fingerprint density at radius 2 is 2.15 bits per heavy atom. The molecule has 4 aromatic rings. The van der Waals surface area contributed by atoms with E-state index >= 15 is 0 Å². The van der Waals surface area contributed by atoms with Gasteiger partial charge < -0.3 is 15.0 Å². The van der Waals surface area contributed by atoms with Crippen LogP contribution < -0.4 is 11.0 Å². The second-order valence-corrected chi connectivity index (χ2v) is 6.63. The minimum absolute atomic E-state index is 0.0804. The number of aryl methyl sites for hydroxylation is 1. The van der Waals surface area contributed by atoms with Gasteiger partial charge in [0.2, 0.25) is 5.95 Å². The minimum Gasteiger partial charge on any atom is -0.381 e. The van der Waals surface area contributed by atoms with E-state index in [9.17, 15) is 4.79 Å². The number of hydrogen-bond donors (Lipinski definition) is 2. The molecular formula is C17H18N8O2. The number of imidazole rings is 1. The van der Waals surface area contributed by atoms with Crippen LogP contribution in [-0.2, 0) is 4.74 Å². The van der Waals surface area contributed by atoms with Crippen molar-refractivity contribution >= 4 is 28.4 Å². The third kappa shape index (κ3) is 2.74. The van der Waals surface area contributed by atoms with Crippen LogP contribution in [0.3, 0.4) is 0 Å². The summed E-state index contributed by atoms with van der Waals surface area (Å²) >= 11 is 0. The van der Waals surface area contributed by atoms with Gasteiger partial charge >= 0.3 is 5.69 Å². The van der Waals surface area contributed by atoms with Crippen molar-refractivity contribution in [2.45, 2.75) is 25.8 Å². The summed E-state index contributed by atoms with van der Waals surface area (Å²) in [6, 6.07) is 1.97. The molecule has 4 aromatic heterocycles. The Bertz CT molecular complexity index is 1180. The number of aromatic nitrogens is 7. The van der Waals surface area contributed by atoms with Gasteiger partial charge in [0.05, 0.1) is 6.20 Å². The van der Waals surface area contributed by atoms with Crippen LogP contribution in [0.25, 0.3) is 16.8 Å². The molecule has 5 rings (SSSR count). The first-order valence-corrected chi connectivity index (χ1v) is 8.81. The molecule has 1 fully saturated rings. The number of fused-ring (bicyclic) bond motifs is 2. The van der Waals surface area contributed by atoms with Crippen molar-refractivity contribution in [3.63, 3.8) is 0 Å². The normalized spacial score (nSPS) is 15.6. The maximum atomic E-state index is 12.4. The van der Waals surface area contributed by atoms with Gasteiger partial charge in [0.25, 0.3) is 0 Å². The molecule has 1 aliphatic rings. The smallest absolute Gasteiger partial charge is 0.327 e. The standard InChI is InChI=1S/C17H18N8O2/c1-10-8-24-14(19-9-20-24)6-12(10)21-16-18-7-13-15(23-16)25(17(26)22-13)11-2-4-27-5-3-11/h6-9,11H,2-5H2,1H3,(H,22,26)(H,18,21,23). The van der Waals surface area contributed by atoms with Crippen molar-refractivity contribution in [1.29, 1.82) is 0 Å². The molecule has 10 nitrogen and oxygen atoms in total. The second kappa shape index (κ2) is 6.16. The number of hydrogen-bond acceptors (Lipinski definition) is 7. The molecule has 5 heterocycles. The summed E-state index contributed by atoms with van der Waals surface area (Å²) in [5.74, 6) is 0.425. The van der Waals surface area contributed by atoms with Crippen molar-refractivity contribution < 1.29 is 4.74 Å². The largest absolute Gasteiger partial charge is 0.381 e. The molecule has 0 atom stereocenters. The lowest BCUT2D eigenvalue weighted by Crippen LogP contribution is -2.27. The summed E-state index contributed by atoms with van der Waals surface area (Å²) in [7, 11) is 0. The van der Waals surface area contributed by atoms with E-state index in [0.717, 1.165) is 29.7 Å². The summed E-state index contributed by atoms with van der Waals surface area (Å²) in [6.45, 7) is 3.27. The SMILES string of the molecule is Cc1cn2ncnc2cc1Nc1ncc2[nH]c(=O)n(C3CCOCC3)c2n1. The number of anilines is 2. The molecular weight excluding hydrogens is 348 g/mol. The summed E-state index contributed by atoms with van der Waals surface area (Å²) in [4.78, 5) is 28.4. The van der Waals surface area contributed by atoms with Gasteiger partial charge in [-0.2, -0.15) is 10.1 Å². The van der Waals surface area contributed by atoms with E-state index in [4.69, 9.17) is 4.74 Å². The first-order valence-electron chi connectivity index (χ1n) is 8.81. The van der Waals surface area contributed by atoms with Crippen molar-refractivity contribution in [3.8, 4) is 0 Å². The number of aromatic amines is 1. The molecule has 0 radical (unpaired) electrons. The molecule has 0 unspecified atom stereocenters. The first-order chi connectivity index (χ1) is 13.2. The number of pyridine rings is 1. The highest BCUT2D eigenvalue weighted by Crippen LogP contribution is 2.24. The second-order valence-electron chi connectivity index (χ2n) is 6.63. The Balaban J connectivity index is 1.55. The summed E-state index contributed by atoms with van der Waals surface area (Å²) < 4.78 is 8.84. The third-order valence-corrected chi connectivity index (χ3v) is 4.87. The fourth-order valence-electron chi connectivity index (χ4n) is 3.47. The fourth-order valence-corrected chi connectivity index (χ4v) is 3.47. The van der Waals surface area contributed by atoms with Crippen LogP contribution in [0.4, 0.5) is 11.6 Å².